The van der Waals surface area contributed by atoms with Crippen molar-refractivity contribution < 1.29 is 22.3 Å². The highest BCUT2D eigenvalue weighted by molar-refractivity contribution is 7.89. The van der Waals surface area contributed by atoms with Crippen molar-refractivity contribution in [2.24, 2.45) is 5.10 Å². The SMILES string of the molecule is CN(CC(=O)N/N=C\c1cccc(OCc2ccccc2)c1)S(=O)(=O)c1ccc(F)cc1. The maximum atomic E-state index is 13.0. The second-order valence-corrected chi connectivity index (χ2v) is 8.90. The smallest absolute Gasteiger partial charge is 0.255 e. The maximum Gasteiger partial charge on any atom is 0.255 e. The Balaban J connectivity index is 1.53. The van der Waals surface area contributed by atoms with Gasteiger partial charge in [0.15, 0.2) is 0 Å². The highest BCUT2D eigenvalue weighted by Gasteiger charge is 2.22. The fourth-order valence-corrected chi connectivity index (χ4v) is 3.84. The van der Waals surface area contributed by atoms with Gasteiger partial charge in [-0.3, -0.25) is 4.79 Å². The van der Waals surface area contributed by atoms with Crippen LogP contribution in [0.3, 0.4) is 0 Å². The van der Waals surface area contributed by atoms with E-state index in [4.69, 9.17) is 4.74 Å². The largest absolute Gasteiger partial charge is 0.489 e. The van der Waals surface area contributed by atoms with Gasteiger partial charge < -0.3 is 4.74 Å². The van der Waals surface area contributed by atoms with Crippen molar-refractivity contribution in [3.63, 3.8) is 0 Å². The fraction of sp³-hybridized carbons (Fsp3) is 0.130. The molecule has 1 N–H and O–H groups in total. The molecule has 3 aromatic carbocycles. The Bertz CT molecular complexity index is 1180. The van der Waals surface area contributed by atoms with Gasteiger partial charge in [-0.05, 0) is 47.5 Å². The molecule has 1 amide bonds. The number of nitrogens with one attached hydrogen (secondary N) is 1. The number of hydrogen-bond acceptors (Lipinski definition) is 5. The van der Waals surface area contributed by atoms with Crippen LogP contribution in [0.1, 0.15) is 11.1 Å². The number of ether oxygens (including phenoxy) is 1. The summed E-state index contributed by atoms with van der Waals surface area (Å²) in [6.45, 7) is -0.0235. The summed E-state index contributed by atoms with van der Waals surface area (Å²) in [7, 11) is -2.67. The second-order valence-electron chi connectivity index (χ2n) is 6.85. The Hall–Kier alpha value is -3.56. The lowest BCUT2D eigenvalue weighted by Crippen LogP contribution is -2.36. The average molecular weight is 456 g/mol. The van der Waals surface area contributed by atoms with E-state index in [9.17, 15) is 17.6 Å². The number of benzene rings is 3. The van der Waals surface area contributed by atoms with E-state index >= 15 is 0 Å². The van der Waals surface area contributed by atoms with Gasteiger partial charge in [0.2, 0.25) is 10.0 Å². The van der Waals surface area contributed by atoms with Gasteiger partial charge in [-0.15, -0.1) is 0 Å². The molecule has 0 atom stereocenters. The molecule has 0 spiro atoms. The number of hydrazone groups is 1. The Kier molecular flexibility index (Phi) is 7.69. The highest BCUT2D eigenvalue weighted by atomic mass is 32.2. The zero-order valence-electron chi connectivity index (χ0n) is 17.3. The molecule has 0 saturated carbocycles. The molecule has 9 heteroatoms. The van der Waals surface area contributed by atoms with Crippen molar-refractivity contribution in [2.75, 3.05) is 13.6 Å². The average Bonchev–Trinajstić information content (AvgIpc) is 2.79. The number of amides is 1. The minimum Gasteiger partial charge on any atom is -0.489 e. The fourth-order valence-electron chi connectivity index (χ4n) is 2.71. The van der Waals surface area contributed by atoms with E-state index < -0.39 is 28.3 Å². The minimum atomic E-state index is -3.93. The lowest BCUT2D eigenvalue weighted by molar-refractivity contribution is -0.121. The molecule has 0 bridgehead atoms. The van der Waals surface area contributed by atoms with Gasteiger partial charge in [-0.25, -0.2) is 18.2 Å². The molecule has 3 rings (SSSR count). The zero-order chi connectivity index (χ0) is 23.0. The maximum absolute atomic E-state index is 13.0. The van der Waals surface area contributed by atoms with Crippen LogP contribution >= 0.6 is 0 Å². The van der Waals surface area contributed by atoms with Crippen molar-refractivity contribution in [2.45, 2.75) is 11.5 Å². The zero-order valence-corrected chi connectivity index (χ0v) is 18.1. The number of likely N-dealkylation sites (N-methyl/N-ethyl adjacent to an activating group) is 1. The standard InChI is InChI=1S/C23H22FN3O4S/c1-27(32(29,30)22-12-10-20(24)11-13-22)16-23(28)26-25-15-19-8-5-9-21(14-19)31-17-18-6-3-2-4-7-18/h2-15H,16-17H2,1H3,(H,26,28)/b25-15-. The van der Waals surface area contributed by atoms with Gasteiger partial charge in [0.05, 0.1) is 17.7 Å². The Morgan fingerprint density at radius 1 is 1.06 bits per heavy atom. The molecule has 0 fully saturated rings. The summed E-state index contributed by atoms with van der Waals surface area (Å²) in [6, 6.07) is 21.3. The third-order valence-electron chi connectivity index (χ3n) is 4.40. The van der Waals surface area contributed by atoms with E-state index in [1.807, 2.05) is 36.4 Å². The quantitative estimate of drug-likeness (QED) is 0.397. The summed E-state index contributed by atoms with van der Waals surface area (Å²) in [5, 5.41) is 3.87. The van der Waals surface area contributed by atoms with E-state index in [-0.39, 0.29) is 4.90 Å². The van der Waals surface area contributed by atoms with E-state index in [1.165, 1.54) is 13.3 Å². The van der Waals surface area contributed by atoms with E-state index in [1.54, 1.807) is 18.2 Å². The minimum absolute atomic E-state index is 0.106. The van der Waals surface area contributed by atoms with E-state index in [2.05, 4.69) is 10.5 Å². The summed E-state index contributed by atoms with van der Waals surface area (Å²) >= 11 is 0. The predicted octanol–water partition coefficient (Wildman–Crippen LogP) is 3.18. The molecule has 0 aromatic heterocycles. The van der Waals surface area contributed by atoms with Crippen molar-refractivity contribution in [3.05, 3.63) is 95.8 Å². The lowest BCUT2D eigenvalue weighted by Gasteiger charge is -2.16. The molecular weight excluding hydrogens is 433 g/mol. The summed E-state index contributed by atoms with van der Waals surface area (Å²) in [4.78, 5) is 12.0. The monoisotopic (exact) mass is 455 g/mol. The van der Waals surface area contributed by atoms with Crippen molar-refractivity contribution in [1.29, 1.82) is 0 Å². The van der Waals surface area contributed by atoms with Gasteiger partial charge in [0, 0.05) is 7.05 Å². The van der Waals surface area contributed by atoms with Crippen LogP contribution in [0.4, 0.5) is 4.39 Å². The first-order chi connectivity index (χ1) is 15.3. The van der Waals surface area contributed by atoms with E-state index in [0.29, 0.717) is 17.9 Å². The number of nitrogens with zero attached hydrogens (tertiary/aromatic N) is 2. The number of carbonyl (C=O) groups excluding carboxylic acids is 1. The molecule has 3 aromatic rings. The number of halogens is 1. The van der Waals surface area contributed by atoms with Crippen LogP contribution in [0, 0.1) is 5.82 Å². The third kappa shape index (κ3) is 6.47. The van der Waals surface area contributed by atoms with Crippen molar-refractivity contribution in [3.8, 4) is 5.75 Å². The normalized spacial score (nSPS) is 11.6. The van der Waals surface area contributed by atoms with Crippen LogP contribution in [-0.2, 0) is 21.4 Å². The highest BCUT2D eigenvalue weighted by Crippen LogP contribution is 2.15. The molecular formula is C23H22FN3O4S. The summed E-state index contributed by atoms with van der Waals surface area (Å²) in [5.41, 5.74) is 4.03. The number of rotatable bonds is 9. The first-order valence-electron chi connectivity index (χ1n) is 9.65. The number of sulfonamides is 1. The van der Waals surface area contributed by atoms with Crippen LogP contribution in [0.2, 0.25) is 0 Å². The first-order valence-corrected chi connectivity index (χ1v) is 11.1. The van der Waals surface area contributed by atoms with Crippen molar-refractivity contribution >= 4 is 22.1 Å². The molecule has 0 heterocycles. The first kappa shape index (κ1) is 23.1. The van der Waals surface area contributed by atoms with Gasteiger partial charge in [-0.1, -0.05) is 42.5 Å². The van der Waals surface area contributed by atoms with Crippen LogP contribution in [0.15, 0.2) is 88.9 Å². The van der Waals surface area contributed by atoms with E-state index in [0.717, 1.165) is 34.1 Å². The molecule has 166 valence electrons. The molecule has 0 aliphatic heterocycles. The molecule has 0 unspecified atom stereocenters. The third-order valence-corrected chi connectivity index (χ3v) is 6.21. The molecule has 32 heavy (non-hydrogen) atoms. The van der Waals surface area contributed by atoms with Gasteiger partial charge >= 0.3 is 0 Å². The second kappa shape index (κ2) is 10.7. The molecule has 0 radical (unpaired) electrons. The molecule has 0 aliphatic rings. The van der Waals surface area contributed by atoms with Gasteiger partial charge in [-0.2, -0.15) is 9.41 Å². The number of carbonyl (C=O) groups is 1. The molecule has 0 saturated heterocycles. The van der Waals surface area contributed by atoms with Crippen LogP contribution < -0.4 is 10.2 Å². The van der Waals surface area contributed by atoms with Gasteiger partial charge in [0.1, 0.15) is 18.2 Å². The Morgan fingerprint density at radius 3 is 2.50 bits per heavy atom. The molecule has 0 aliphatic carbocycles. The summed E-state index contributed by atoms with van der Waals surface area (Å²) in [6.07, 6.45) is 1.43. The Labute approximate surface area is 186 Å². The number of hydrogen-bond donors (Lipinski definition) is 1. The summed E-state index contributed by atoms with van der Waals surface area (Å²) < 4.78 is 44.5. The predicted molar refractivity (Wildman–Crippen MR) is 119 cm³/mol. The van der Waals surface area contributed by atoms with Crippen LogP contribution in [0.5, 0.6) is 5.75 Å². The van der Waals surface area contributed by atoms with Crippen molar-refractivity contribution in [1.82, 2.24) is 9.73 Å². The summed E-state index contributed by atoms with van der Waals surface area (Å²) in [5.74, 6) is -0.520. The Morgan fingerprint density at radius 2 is 1.78 bits per heavy atom. The van der Waals surface area contributed by atoms with Crippen LogP contribution in [0.25, 0.3) is 0 Å². The lowest BCUT2D eigenvalue weighted by atomic mass is 10.2. The van der Waals surface area contributed by atoms with Gasteiger partial charge in [0.25, 0.3) is 5.91 Å². The topological polar surface area (TPSA) is 88.1 Å². The van der Waals surface area contributed by atoms with Crippen LogP contribution in [-0.4, -0.2) is 38.4 Å². The molecule has 7 nitrogen and oxygen atoms in total.